The topological polar surface area (TPSA) is 42.9 Å². The lowest BCUT2D eigenvalue weighted by atomic mass is 9.82. The lowest BCUT2D eigenvalue weighted by Crippen LogP contribution is -2.56. The molecule has 5 nitrogen and oxygen atoms in total. The molecule has 0 aromatic heterocycles. The fraction of sp³-hybridized carbons (Fsp3) is 0.947. The quantitative estimate of drug-likeness (QED) is 0.527. The van der Waals surface area contributed by atoms with E-state index in [1.54, 1.807) is 0 Å². The summed E-state index contributed by atoms with van der Waals surface area (Å²) in [5.74, 6) is 1.01. The highest BCUT2D eigenvalue weighted by atomic mass is 15.2. The molecule has 2 unspecified atom stereocenters. The van der Waals surface area contributed by atoms with Crippen molar-refractivity contribution in [3.63, 3.8) is 0 Å². The molecular formula is C19H39N5. The van der Waals surface area contributed by atoms with Crippen molar-refractivity contribution in [2.45, 2.75) is 77.4 Å². The van der Waals surface area contributed by atoms with Gasteiger partial charge in [-0.05, 0) is 59.2 Å². The lowest BCUT2D eigenvalue weighted by Gasteiger charge is -2.47. The molecule has 2 saturated heterocycles. The summed E-state index contributed by atoms with van der Waals surface area (Å²) in [6.45, 7) is 11.8. The first-order valence-corrected chi connectivity index (χ1v) is 10.2. The smallest absolute Gasteiger partial charge is 0.191 e. The Morgan fingerprint density at radius 2 is 1.83 bits per heavy atom. The zero-order valence-corrected chi connectivity index (χ0v) is 16.4. The summed E-state index contributed by atoms with van der Waals surface area (Å²) < 4.78 is 0. The number of guanidine groups is 1. The van der Waals surface area contributed by atoms with Crippen molar-refractivity contribution < 1.29 is 0 Å². The van der Waals surface area contributed by atoms with Gasteiger partial charge in [-0.25, -0.2) is 0 Å². The fourth-order valence-electron chi connectivity index (χ4n) is 4.29. The Labute approximate surface area is 149 Å². The maximum Gasteiger partial charge on any atom is 0.191 e. The molecule has 2 bridgehead atoms. The van der Waals surface area contributed by atoms with E-state index in [0.717, 1.165) is 44.2 Å². The van der Waals surface area contributed by atoms with Crippen LogP contribution in [0, 0.1) is 0 Å². The molecule has 0 saturated carbocycles. The third-order valence-electron chi connectivity index (χ3n) is 5.70. The van der Waals surface area contributed by atoms with E-state index in [9.17, 15) is 0 Å². The number of hydrogen-bond acceptors (Lipinski definition) is 3. The van der Waals surface area contributed by atoms with Crippen LogP contribution in [0.3, 0.4) is 0 Å². The summed E-state index contributed by atoms with van der Waals surface area (Å²) in [6.07, 6.45) is 7.87. The summed E-state index contributed by atoms with van der Waals surface area (Å²) >= 11 is 0. The highest BCUT2D eigenvalue weighted by Crippen LogP contribution is 2.32. The summed E-state index contributed by atoms with van der Waals surface area (Å²) in [5.41, 5.74) is 0. The van der Waals surface area contributed by atoms with E-state index in [0.29, 0.717) is 6.04 Å². The van der Waals surface area contributed by atoms with E-state index >= 15 is 0 Å². The van der Waals surface area contributed by atoms with Crippen molar-refractivity contribution in [1.29, 1.82) is 0 Å². The summed E-state index contributed by atoms with van der Waals surface area (Å²) in [6, 6.07) is 2.10. The molecule has 2 atom stereocenters. The molecule has 2 rings (SSSR count). The van der Waals surface area contributed by atoms with Gasteiger partial charge in [-0.2, -0.15) is 0 Å². The van der Waals surface area contributed by atoms with Crippen molar-refractivity contribution in [2.75, 3.05) is 39.8 Å². The number of nitrogens with zero attached hydrogens (tertiary/aromatic N) is 3. The number of hydrogen-bond donors (Lipinski definition) is 2. The zero-order valence-electron chi connectivity index (χ0n) is 16.4. The average Bonchev–Trinajstić information content (AvgIpc) is 2.55. The van der Waals surface area contributed by atoms with Gasteiger partial charge in [-0.1, -0.05) is 20.3 Å². The molecule has 0 aromatic rings. The van der Waals surface area contributed by atoms with Gasteiger partial charge in [-0.3, -0.25) is 4.99 Å². The van der Waals surface area contributed by atoms with Crippen LogP contribution in [0.2, 0.25) is 0 Å². The third kappa shape index (κ3) is 5.62. The lowest BCUT2D eigenvalue weighted by molar-refractivity contribution is 0.0526. The van der Waals surface area contributed by atoms with E-state index in [1.165, 1.54) is 45.1 Å². The predicted molar refractivity (Wildman–Crippen MR) is 104 cm³/mol. The molecule has 140 valence electrons. The molecular weight excluding hydrogens is 298 g/mol. The normalized spacial score (nSPS) is 28.2. The molecule has 2 heterocycles. The van der Waals surface area contributed by atoms with E-state index in [4.69, 9.17) is 4.99 Å². The first-order valence-electron chi connectivity index (χ1n) is 10.2. The summed E-state index contributed by atoms with van der Waals surface area (Å²) in [4.78, 5) is 9.93. The predicted octanol–water partition coefficient (Wildman–Crippen LogP) is 2.29. The highest BCUT2D eigenvalue weighted by Gasteiger charge is 2.36. The number of likely N-dealkylation sites (N-methyl/N-ethyl adjacent to an activating group) is 1. The first kappa shape index (κ1) is 19.5. The standard InChI is InChI=1S/C19H39N5/c1-5-12-24(7-3)13-11-21-19(20-6-2)22-16-14-17-9-8-10-18(15-16)23(17)4/h16-18H,5-15H2,1-4H3,(H2,20,21,22). The van der Waals surface area contributed by atoms with Crippen molar-refractivity contribution in [3.05, 3.63) is 0 Å². The Balaban J connectivity index is 1.85. The molecule has 2 N–H and O–H groups in total. The number of piperidine rings is 2. The number of aliphatic imine (C=N–C) groups is 1. The molecule has 0 amide bonds. The van der Waals surface area contributed by atoms with E-state index in [1.807, 2.05) is 0 Å². The molecule has 2 aliphatic heterocycles. The van der Waals surface area contributed by atoms with Crippen LogP contribution in [0.25, 0.3) is 0 Å². The van der Waals surface area contributed by atoms with Gasteiger partial charge in [0.1, 0.15) is 0 Å². The Morgan fingerprint density at radius 3 is 2.42 bits per heavy atom. The molecule has 0 aromatic carbocycles. The van der Waals surface area contributed by atoms with E-state index in [2.05, 4.69) is 48.3 Å². The van der Waals surface area contributed by atoms with Crippen LogP contribution in [0.5, 0.6) is 0 Å². The average molecular weight is 338 g/mol. The molecule has 0 radical (unpaired) electrons. The first-order chi connectivity index (χ1) is 11.7. The maximum atomic E-state index is 4.83. The monoisotopic (exact) mass is 337 g/mol. The third-order valence-corrected chi connectivity index (χ3v) is 5.70. The molecule has 5 heteroatoms. The minimum Gasteiger partial charge on any atom is -0.357 e. The maximum absolute atomic E-state index is 4.83. The second-order valence-corrected chi connectivity index (χ2v) is 7.41. The molecule has 0 aliphatic carbocycles. The van der Waals surface area contributed by atoms with Gasteiger partial charge in [0.05, 0.1) is 6.54 Å². The van der Waals surface area contributed by atoms with Crippen molar-refractivity contribution in [3.8, 4) is 0 Å². The van der Waals surface area contributed by atoms with Gasteiger partial charge in [0.25, 0.3) is 0 Å². The van der Waals surface area contributed by atoms with Crippen LogP contribution in [0.15, 0.2) is 4.99 Å². The van der Waals surface area contributed by atoms with Crippen molar-refractivity contribution in [2.24, 2.45) is 4.99 Å². The molecule has 2 fully saturated rings. The summed E-state index contributed by atoms with van der Waals surface area (Å²) in [5, 5.41) is 7.16. The highest BCUT2D eigenvalue weighted by molar-refractivity contribution is 5.80. The van der Waals surface area contributed by atoms with Gasteiger partial charge < -0.3 is 20.4 Å². The Morgan fingerprint density at radius 1 is 1.12 bits per heavy atom. The van der Waals surface area contributed by atoms with Crippen LogP contribution >= 0.6 is 0 Å². The molecule has 2 aliphatic rings. The second kappa shape index (κ2) is 10.2. The number of fused-ring (bicyclic) bond motifs is 2. The van der Waals surface area contributed by atoms with Crippen LogP contribution in [-0.4, -0.2) is 73.7 Å². The number of nitrogens with one attached hydrogen (secondary N) is 2. The Kier molecular flexibility index (Phi) is 8.33. The Bertz CT molecular complexity index is 370. The Hall–Kier alpha value is -0.810. The molecule has 24 heavy (non-hydrogen) atoms. The number of rotatable bonds is 8. The van der Waals surface area contributed by atoms with Gasteiger partial charge in [0.2, 0.25) is 0 Å². The minimum atomic E-state index is 0.576. The summed E-state index contributed by atoms with van der Waals surface area (Å²) in [7, 11) is 2.32. The van der Waals surface area contributed by atoms with Crippen LogP contribution in [0.1, 0.15) is 59.3 Å². The second-order valence-electron chi connectivity index (χ2n) is 7.41. The van der Waals surface area contributed by atoms with Crippen LogP contribution in [-0.2, 0) is 0 Å². The van der Waals surface area contributed by atoms with Crippen molar-refractivity contribution in [1.82, 2.24) is 20.4 Å². The van der Waals surface area contributed by atoms with E-state index < -0.39 is 0 Å². The minimum absolute atomic E-state index is 0.576. The largest absolute Gasteiger partial charge is 0.357 e. The van der Waals surface area contributed by atoms with Gasteiger partial charge in [0.15, 0.2) is 5.96 Å². The van der Waals surface area contributed by atoms with E-state index in [-0.39, 0.29) is 0 Å². The van der Waals surface area contributed by atoms with Crippen LogP contribution < -0.4 is 10.6 Å². The van der Waals surface area contributed by atoms with Gasteiger partial charge in [-0.15, -0.1) is 0 Å². The fourth-order valence-corrected chi connectivity index (χ4v) is 4.29. The SMILES string of the molecule is CCCN(CC)CCN=C(NCC)NC1CC2CCCC(C1)N2C. The zero-order chi connectivity index (χ0) is 17.4. The van der Waals surface area contributed by atoms with Gasteiger partial charge in [0, 0.05) is 31.2 Å². The van der Waals surface area contributed by atoms with Crippen LogP contribution in [0.4, 0.5) is 0 Å². The molecule has 0 spiro atoms. The van der Waals surface area contributed by atoms with Gasteiger partial charge >= 0.3 is 0 Å². The van der Waals surface area contributed by atoms with Crippen molar-refractivity contribution >= 4 is 5.96 Å².